The molecule has 0 spiro atoms. The van der Waals surface area contributed by atoms with E-state index in [1.54, 1.807) is 11.8 Å². The van der Waals surface area contributed by atoms with Gasteiger partial charge in [-0.2, -0.15) is 0 Å². The molecule has 2 aliphatic heterocycles. The molecule has 7 heteroatoms. The summed E-state index contributed by atoms with van der Waals surface area (Å²) >= 11 is 0. The summed E-state index contributed by atoms with van der Waals surface area (Å²) in [6.07, 6.45) is 2.06. The van der Waals surface area contributed by atoms with Crippen LogP contribution in [0.4, 0.5) is 9.59 Å². The summed E-state index contributed by atoms with van der Waals surface area (Å²) in [6, 6.07) is 9.12. The van der Waals surface area contributed by atoms with E-state index in [1.807, 2.05) is 30.3 Å². The summed E-state index contributed by atoms with van der Waals surface area (Å²) in [7, 11) is 1.34. The maximum absolute atomic E-state index is 13.2. The lowest BCUT2D eigenvalue weighted by Crippen LogP contribution is -2.53. The predicted octanol–water partition coefficient (Wildman–Crippen LogP) is 2.83. The molecule has 2 heterocycles. The predicted molar refractivity (Wildman–Crippen MR) is 98.0 cm³/mol. The second-order valence-electron chi connectivity index (χ2n) is 7.14. The molecule has 2 saturated heterocycles. The van der Waals surface area contributed by atoms with Crippen molar-refractivity contribution in [2.75, 3.05) is 20.3 Å². The number of benzene rings is 1. The van der Waals surface area contributed by atoms with Crippen LogP contribution in [0.2, 0.25) is 0 Å². The molecule has 3 rings (SSSR count). The topological polar surface area (TPSA) is 76.2 Å². The highest BCUT2D eigenvalue weighted by Crippen LogP contribution is 2.28. The lowest BCUT2D eigenvalue weighted by Gasteiger charge is -2.38. The van der Waals surface area contributed by atoms with Crippen molar-refractivity contribution in [1.29, 1.82) is 0 Å². The van der Waals surface area contributed by atoms with Crippen molar-refractivity contribution in [3.8, 4) is 0 Å². The van der Waals surface area contributed by atoms with E-state index in [-0.39, 0.29) is 24.6 Å². The maximum Gasteiger partial charge on any atom is 0.416 e. The highest BCUT2D eigenvalue weighted by molar-refractivity contribution is 5.95. The van der Waals surface area contributed by atoms with Crippen LogP contribution in [0.1, 0.15) is 31.7 Å². The van der Waals surface area contributed by atoms with Gasteiger partial charge in [0.25, 0.3) is 0 Å². The zero-order chi connectivity index (χ0) is 19.4. The number of piperidine rings is 1. The molecule has 0 radical (unpaired) electrons. The number of amides is 3. The van der Waals surface area contributed by atoms with Crippen LogP contribution < -0.4 is 0 Å². The van der Waals surface area contributed by atoms with Crippen molar-refractivity contribution in [2.24, 2.45) is 5.92 Å². The number of carbonyl (C=O) groups is 3. The fraction of sp³-hybridized carbons (Fsp3) is 0.550. The molecule has 7 nitrogen and oxygen atoms in total. The van der Waals surface area contributed by atoms with E-state index in [1.165, 1.54) is 12.0 Å². The quantitative estimate of drug-likeness (QED) is 0.810. The van der Waals surface area contributed by atoms with Crippen LogP contribution in [-0.2, 0) is 20.7 Å². The maximum atomic E-state index is 13.2. The second-order valence-corrected chi connectivity index (χ2v) is 7.14. The normalized spacial score (nSPS) is 23.7. The fourth-order valence-electron chi connectivity index (χ4n) is 3.97. The van der Waals surface area contributed by atoms with Gasteiger partial charge < -0.3 is 14.4 Å². The minimum absolute atomic E-state index is 0.192. The van der Waals surface area contributed by atoms with Crippen molar-refractivity contribution >= 4 is 18.1 Å². The van der Waals surface area contributed by atoms with Gasteiger partial charge in [-0.1, -0.05) is 37.3 Å². The van der Waals surface area contributed by atoms with Crippen LogP contribution in [0.3, 0.4) is 0 Å². The SMILES string of the molecule is COC(=O)N1CCCC[C@H]1[C@H](C)C(=O)N1C(=O)OC[C@H]1Cc1ccccc1. The van der Waals surface area contributed by atoms with E-state index < -0.39 is 18.1 Å². The molecule has 3 amide bonds. The number of hydrogen-bond acceptors (Lipinski definition) is 5. The van der Waals surface area contributed by atoms with Crippen molar-refractivity contribution in [1.82, 2.24) is 9.80 Å². The molecule has 0 N–H and O–H groups in total. The number of carbonyl (C=O) groups excluding carboxylic acids is 3. The molecule has 1 aromatic carbocycles. The molecule has 146 valence electrons. The van der Waals surface area contributed by atoms with Crippen molar-refractivity contribution in [2.45, 2.75) is 44.7 Å². The first-order chi connectivity index (χ1) is 13.0. The van der Waals surface area contributed by atoms with E-state index in [4.69, 9.17) is 9.47 Å². The fourth-order valence-corrected chi connectivity index (χ4v) is 3.97. The Kier molecular flexibility index (Phi) is 5.98. The van der Waals surface area contributed by atoms with Gasteiger partial charge in [-0.25, -0.2) is 14.5 Å². The smallest absolute Gasteiger partial charge is 0.416 e. The molecule has 27 heavy (non-hydrogen) atoms. The van der Waals surface area contributed by atoms with Crippen LogP contribution in [0.15, 0.2) is 30.3 Å². The third kappa shape index (κ3) is 4.07. The molecule has 1 aromatic rings. The monoisotopic (exact) mass is 374 g/mol. The molecular weight excluding hydrogens is 348 g/mol. The first-order valence-corrected chi connectivity index (χ1v) is 9.41. The van der Waals surface area contributed by atoms with E-state index in [9.17, 15) is 14.4 Å². The van der Waals surface area contributed by atoms with Crippen LogP contribution in [0.5, 0.6) is 0 Å². The first-order valence-electron chi connectivity index (χ1n) is 9.41. The number of nitrogens with zero attached hydrogens (tertiary/aromatic N) is 2. The van der Waals surface area contributed by atoms with Crippen molar-refractivity contribution in [3.05, 3.63) is 35.9 Å². The molecular formula is C20H26N2O5. The molecule has 2 aliphatic rings. The lowest BCUT2D eigenvalue weighted by molar-refractivity contribution is -0.135. The summed E-state index contributed by atoms with van der Waals surface area (Å²) in [5, 5.41) is 0. The summed E-state index contributed by atoms with van der Waals surface area (Å²) in [6.45, 7) is 2.53. The van der Waals surface area contributed by atoms with Gasteiger partial charge in [-0.05, 0) is 31.2 Å². The van der Waals surface area contributed by atoms with Crippen LogP contribution in [0.25, 0.3) is 0 Å². The Hall–Kier alpha value is -2.57. The number of cyclic esters (lactones) is 1. The van der Waals surface area contributed by atoms with Crippen LogP contribution >= 0.6 is 0 Å². The Morgan fingerprint density at radius 3 is 2.70 bits per heavy atom. The number of likely N-dealkylation sites (tertiary alicyclic amines) is 1. The summed E-state index contributed by atoms with van der Waals surface area (Å²) in [5.74, 6) is -0.799. The highest BCUT2D eigenvalue weighted by Gasteiger charge is 2.43. The Morgan fingerprint density at radius 1 is 1.26 bits per heavy atom. The third-order valence-corrected chi connectivity index (χ3v) is 5.44. The summed E-state index contributed by atoms with van der Waals surface area (Å²) in [4.78, 5) is 40.3. The first kappa shape index (κ1) is 19.2. The Labute approximate surface area is 159 Å². The van der Waals surface area contributed by atoms with Gasteiger partial charge in [0, 0.05) is 12.6 Å². The average Bonchev–Trinajstić information content (AvgIpc) is 3.07. The van der Waals surface area contributed by atoms with Gasteiger partial charge in [-0.3, -0.25) is 4.79 Å². The molecule has 3 atom stereocenters. The number of hydrogen-bond donors (Lipinski definition) is 0. The van der Waals surface area contributed by atoms with Gasteiger partial charge in [-0.15, -0.1) is 0 Å². The molecule has 2 fully saturated rings. The largest absolute Gasteiger partial charge is 0.453 e. The molecule has 0 aromatic heterocycles. The van der Waals surface area contributed by atoms with Gasteiger partial charge in [0.2, 0.25) is 5.91 Å². The van der Waals surface area contributed by atoms with Gasteiger partial charge in [0.05, 0.1) is 19.1 Å². The van der Waals surface area contributed by atoms with Gasteiger partial charge >= 0.3 is 12.2 Å². The standard InChI is InChI=1S/C20H26N2O5/c1-14(17-10-6-7-11-21(17)19(24)26-2)18(23)22-16(13-27-20(22)25)12-15-8-4-3-5-9-15/h3-5,8-9,14,16-17H,6-7,10-13H2,1-2H3/t14-,16+,17-/m0/s1. The van der Waals surface area contributed by atoms with Crippen molar-refractivity contribution in [3.63, 3.8) is 0 Å². The number of ether oxygens (including phenoxy) is 2. The van der Waals surface area contributed by atoms with E-state index in [0.29, 0.717) is 19.4 Å². The second kappa shape index (κ2) is 8.41. The zero-order valence-electron chi connectivity index (χ0n) is 15.8. The molecule has 0 aliphatic carbocycles. The van der Waals surface area contributed by atoms with Crippen molar-refractivity contribution < 1.29 is 23.9 Å². The highest BCUT2D eigenvalue weighted by atomic mass is 16.6. The number of imide groups is 1. The molecule has 0 bridgehead atoms. The van der Waals surface area contributed by atoms with Gasteiger partial charge in [0.1, 0.15) is 6.61 Å². The Balaban J connectivity index is 1.75. The Morgan fingerprint density at radius 2 is 2.00 bits per heavy atom. The lowest BCUT2D eigenvalue weighted by atomic mass is 9.90. The summed E-state index contributed by atoms with van der Waals surface area (Å²) in [5.41, 5.74) is 1.04. The number of rotatable bonds is 4. The van der Waals surface area contributed by atoms with E-state index in [2.05, 4.69) is 0 Å². The Bertz CT molecular complexity index is 693. The van der Waals surface area contributed by atoms with Gasteiger partial charge in [0.15, 0.2) is 0 Å². The summed E-state index contributed by atoms with van der Waals surface area (Å²) < 4.78 is 10.0. The van der Waals surface area contributed by atoms with E-state index in [0.717, 1.165) is 18.4 Å². The van der Waals surface area contributed by atoms with Crippen LogP contribution in [-0.4, -0.2) is 60.2 Å². The minimum atomic E-state index is -0.604. The third-order valence-electron chi connectivity index (χ3n) is 5.44. The molecule has 0 unspecified atom stereocenters. The average molecular weight is 374 g/mol. The van der Waals surface area contributed by atoms with Crippen LogP contribution in [0, 0.1) is 5.92 Å². The van der Waals surface area contributed by atoms with E-state index >= 15 is 0 Å². The molecule has 0 saturated carbocycles. The minimum Gasteiger partial charge on any atom is -0.453 e. The zero-order valence-corrected chi connectivity index (χ0v) is 15.8. The number of methoxy groups -OCH3 is 1.